The maximum absolute atomic E-state index is 12.5. The Kier molecular flexibility index (Phi) is 6.14. The van der Waals surface area contributed by atoms with Crippen molar-refractivity contribution in [1.82, 2.24) is 4.90 Å². The number of hydrogen-bond acceptors (Lipinski definition) is 4. The van der Waals surface area contributed by atoms with Gasteiger partial charge in [-0.05, 0) is 25.0 Å². The molecule has 0 bridgehead atoms. The fourth-order valence-electron chi connectivity index (χ4n) is 2.07. The highest BCUT2D eigenvalue weighted by Gasteiger charge is 2.24. The summed E-state index contributed by atoms with van der Waals surface area (Å²) in [5, 5.41) is 14.2. The number of benzene rings is 1. The normalized spacial score (nSPS) is 11.8. The van der Waals surface area contributed by atoms with Crippen molar-refractivity contribution in [2.24, 2.45) is 5.92 Å². The smallest absolute Gasteiger partial charge is 0.282 e. The standard InChI is InChI=1S/C15H23N3O3/c1-5-11(3)10-17(4)15(19)13-9-12(16-6-2)7-8-14(13)18(20)21/h7-9,11,16H,5-6,10H2,1-4H3. The number of rotatable bonds is 7. The van der Waals surface area contributed by atoms with Crippen LogP contribution < -0.4 is 5.32 Å². The van der Waals surface area contributed by atoms with Crippen LogP contribution in [0.4, 0.5) is 11.4 Å². The average Bonchev–Trinajstić information content (AvgIpc) is 2.46. The van der Waals surface area contributed by atoms with Crippen molar-refractivity contribution in [3.63, 3.8) is 0 Å². The molecular formula is C15H23N3O3. The molecule has 0 saturated heterocycles. The Balaban J connectivity index is 3.09. The van der Waals surface area contributed by atoms with Crippen LogP contribution in [0.1, 0.15) is 37.6 Å². The predicted octanol–water partition coefficient (Wildman–Crippen LogP) is 3.14. The van der Waals surface area contributed by atoms with E-state index in [2.05, 4.69) is 12.2 Å². The molecule has 1 rings (SSSR count). The summed E-state index contributed by atoms with van der Waals surface area (Å²) in [4.78, 5) is 24.6. The SMILES string of the molecule is CCNc1ccc([N+](=O)[O-])c(C(=O)N(C)CC(C)CC)c1. The van der Waals surface area contributed by atoms with E-state index >= 15 is 0 Å². The zero-order valence-corrected chi connectivity index (χ0v) is 13.0. The number of carbonyl (C=O) groups is 1. The average molecular weight is 293 g/mol. The van der Waals surface area contributed by atoms with Gasteiger partial charge in [0.25, 0.3) is 11.6 Å². The molecule has 0 heterocycles. The maximum Gasteiger partial charge on any atom is 0.282 e. The van der Waals surface area contributed by atoms with Crippen LogP contribution in [0.25, 0.3) is 0 Å². The molecule has 0 spiro atoms. The highest BCUT2D eigenvalue weighted by Crippen LogP contribution is 2.24. The van der Waals surface area contributed by atoms with Crippen LogP contribution >= 0.6 is 0 Å². The van der Waals surface area contributed by atoms with Crippen LogP contribution in [0.15, 0.2) is 18.2 Å². The largest absolute Gasteiger partial charge is 0.385 e. The first kappa shape index (κ1) is 16.9. The van der Waals surface area contributed by atoms with Crippen molar-refractivity contribution in [3.05, 3.63) is 33.9 Å². The third-order valence-electron chi connectivity index (χ3n) is 3.43. The van der Waals surface area contributed by atoms with Crippen molar-refractivity contribution in [1.29, 1.82) is 0 Å². The number of amides is 1. The number of hydrogen-bond donors (Lipinski definition) is 1. The first-order chi connectivity index (χ1) is 9.90. The summed E-state index contributed by atoms with van der Waals surface area (Å²) >= 11 is 0. The van der Waals surface area contributed by atoms with Gasteiger partial charge in [0.1, 0.15) is 5.56 Å². The molecule has 6 heteroatoms. The molecule has 0 fully saturated rings. The molecular weight excluding hydrogens is 270 g/mol. The third-order valence-corrected chi connectivity index (χ3v) is 3.43. The Morgan fingerprint density at radius 3 is 2.62 bits per heavy atom. The maximum atomic E-state index is 12.5. The fourth-order valence-corrected chi connectivity index (χ4v) is 2.07. The lowest BCUT2D eigenvalue weighted by atomic mass is 10.1. The molecule has 1 atom stereocenters. The molecule has 0 radical (unpaired) electrons. The second-order valence-electron chi connectivity index (χ2n) is 5.22. The number of carbonyl (C=O) groups excluding carboxylic acids is 1. The summed E-state index contributed by atoms with van der Waals surface area (Å²) in [7, 11) is 1.68. The number of nitrogens with zero attached hydrogens (tertiary/aromatic N) is 2. The van der Waals surface area contributed by atoms with Crippen molar-refractivity contribution in [2.45, 2.75) is 27.2 Å². The summed E-state index contributed by atoms with van der Waals surface area (Å²) in [5.41, 5.74) is 0.685. The van der Waals surface area contributed by atoms with E-state index in [1.165, 1.54) is 6.07 Å². The van der Waals surface area contributed by atoms with E-state index in [4.69, 9.17) is 0 Å². The van der Waals surface area contributed by atoms with Crippen molar-refractivity contribution in [2.75, 3.05) is 25.5 Å². The number of nitrogens with one attached hydrogen (secondary N) is 1. The van der Waals surface area contributed by atoms with Crippen LogP contribution in [0.2, 0.25) is 0 Å². The van der Waals surface area contributed by atoms with E-state index in [0.717, 1.165) is 6.42 Å². The summed E-state index contributed by atoms with van der Waals surface area (Å²) in [6.45, 7) is 7.30. The van der Waals surface area contributed by atoms with Gasteiger partial charge >= 0.3 is 0 Å². The fraction of sp³-hybridized carbons (Fsp3) is 0.533. The quantitative estimate of drug-likeness (QED) is 0.619. The van der Waals surface area contributed by atoms with Gasteiger partial charge in [-0.3, -0.25) is 14.9 Å². The van der Waals surface area contributed by atoms with Gasteiger partial charge < -0.3 is 10.2 Å². The molecule has 0 aromatic heterocycles. The van der Waals surface area contributed by atoms with Crippen LogP contribution in [0.5, 0.6) is 0 Å². The number of nitro groups is 1. The minimum atomic E-state index is -0.514. The number of nitro benzene ring substituents is 1. The van der Waals surface area contributed by atoms with Crippen LogP contribution in [0.3, 0.4) is 0 Å². The Bertz CT molecular complexity index is 517. The zero-order valence-electron chi connectivity index (χ0n) is 13.0. The monoisotopic (exact) mass is 293 g/mol. The first-order valence-electron chi connectivity index (χ1n) is 7.18. The lowest BCUT2D eigenvalue weighted by Gasteiger charge is -2.21. The third kappa shape index (κ3) is 4.44. The molecule has 1 amide bonds. The summed E-state index contributed by atoms with van der Waals surface area (Å²) in [6.07, 6.45) is 0.955. The predicted molar refractivity (Wildman–Crippen MR) is 83.7 cm³/mol. The molecule has 21 heavy (non-hydrogen) atoms. The molecule has 1 N–H and O–H groups in total. The summed E-state index contributed by atoms with van der Waals surface area (Å²) < 4.78 is 0. The van der Waals surface area contributed by atoms with Crippen molar-refractivity contribution in [3.8, 4) is 0 Å². The van der Waals surface area contributed by atoms with Gasteiger partial charge in [0, 0.05) is 31.9 Å². The molecule has 1 aromatic carbocycles. The van der Waals surface area contributed by atoms with E-state index < -0.39 is 4.92 Å². The highest BCUT2D eigenvalue weighted by atomic mass is 16.6. The lowest BCUT2D eigenvalue weighted by Crippen LogP contribution is -2.31. The van der Waals surface area contributed by atoms with E-state index in [1.807, 2.05) is 13.8 Å². The Hall–Kier alpha value is -2.11. The van der Waals surface area contributed by atoms with Crippen LogP contribution in [-0.4, -0.2) is 35.9 Å². The molecule has 0 saturated carbocycles. The van der Waals surface area contributed by atoms with E-state index in [-0.39, 0.29) is 17.2 Å². The zero-order chi connectivity index (χ0) is 16.0. The van der Waals surface area contributed by atoms with Crippen molar-refractivity contribution >= 4 is 17.3 Å². The van der Waals surface area contributed by atoms with Crippen LogP contribution in [0, 0.1) is 16.0 Å². The Morgan fingerprint density at radius 2 is 2.10 bits per heavy atom. The summed E-state index contributed by atoms with van der Waals surface area (Å²) in [5.74, 6) is 0.0386. The van der Waals surface area contributed by atoms with Gasteiger partial charge in [0.15, 0.2) is 0 Å². The first-order valence-corrected chi connectivity index (χ1v) is 7.18. The van der Waals surface area contributed by atoms with Gasteiger partial charge in [-0.25, -0.2) is 0 Å². The van der Waals surface area contributed by atoms with Gasteiger partial charge in [-0.2, -0.15) is 0 Å². The molecule has 0 aliphatic heterocycles. The molecule has 1 aromatic rings. The molecule has 0 aliphatic rings. The molecule has 6 nitrogen and oxygen atoms in total. The van der Waals surface area contributed by atoms with E-state index in [1.54, 1.807) is 24.1 Å². The second kappa shape index (κ2) is 7.61. The van der Waals surface area contributed by atoms with Gasteiger partial charge in [-0.15, -0.1) is 0 Å². The Morgan fingerprint density at radius 1 is 1.43 bits per heavy atom. The lowest BCUT2D eigenvalue weighted by molar-refractivity contribution is -0.385. The summed E-state index contributed by atoms with van der Waals surface area (Å²) in [6, 6.07) is 4.55. The second-order valence-corrected chi connectivity index (χ2v) is 5.22. The van der Waals surface area contributed by atoms with Gasteiger partial charge in [-0.1, -0.05) is 20.3 Å². The molecule has 0 aliphatic carbocycles. The van der Waals surface area contributed by atoms with E-state index in [0.29, 0.717) is 24.7 Å². The Labute approximate surface area is 125 Å². The molecule has 1 unspecified atom stereocenters. The number of anilines is 1. The van der Waals surface area contributed by atoms with Gasteiger partial charge in [0.2, 0.25) is 0 Å². The van der Waals surface area contributed by atoms with E-state index in [9.17, 15) is 14.9 Å². The van der Waals surface area contributed by atoms with Crippen molar-refractivity contribution < 1.29 is 9.72 Å². The minimum absolute atomic E-state index is 0.129. The van der Waals surface area contributed by atoms with Gasteiger partial charge in [0.05, 0.1) is 4.92 Å². The topological polar surface area (TPSA) is 75.5 Å². The van der Waals surface area contributed by atoms with Crippen LogP contribution in [-0.2, 0) is 0 Å². The highest BCUT2D eigenvalue weighted by molar-refractivity contribution is 5.99. The molecule has 116 valence electrons. The minimum Gasteiger partial charge on any atom is -0.385 e.